The van der Waals surface area contributed by atoms with Gasteiger partial charge < -0.3 is 10.4 Å². The number of aliphatic hydroxyl groups is 1. The lowest BCUT2D eigenvalue weighted by molar-refractivity contribution is -0.141. The van der Waals surface area contributed by atoms with Crippen LogP contribution in [0.2, 0.25) is 0 Å². The van der Waals surface area contributed by atoms with Crippen molar-refractivity contribution >= 4 is 5.91 Å². The van der Waals surface area contributed by atoms with Gasteiger partial charge in [0.05, 0.1) is 11.3 Å². The summed E-state index contributed by atoms with van der Waals surface area (Å²) in [6.07, 6.45) is 0.911. The van der Waals surface area contributed by atoms with Gasteiger partial charge in [-0.3, -0.25) is 4.79 Å². The van der Waals surface area contributed by atoms with Crippen molar-refractivity contribution in [2.45, 2.75) is 57.7 Å². The maximum absolute atomic E-state index is 12.6. The molecule has 1 amide bonds. The molecule has 2 unspecified atom stereocenters. The molecule has 0 aliphatic heterocycles. The second-order valence-electron chi connectivity index (χ2n) is 6.41. The molecule has 2 atom stereocenters. The van der Waals surface area contributed by atoms with E-state index in [-0.39, 0.29) is 35.7 Å². The van der Waals surface area contributed by atoms with Crippen LogP contribution in [0.3, 0.4) is 0 Å². The second-order valence-corrected chi connectivity index (χ2v) is 6.41. The van der Waals surface area contributed by atoms with Gasteiger partial charge in [0.15, 0.2) is 0 Å². The summed E-state index contributed by atoms with van der Waals surface area (Å²) in [5, 5.41) is 12.2. The van der Waals surface area contributed by atoms with Crippen molar-refractivity contribution in [2.75, 3.05) is 6.61 Å². The van der Waals surface area contributed by atoms with Gasteiger partial charge in [-0.15, -0.1) is 0 Å². The maximum atomic E-state index is 12.6. The van der Waals surface area contributed by atoms with E-state index in [9.17, 15) is 23.1 Å². The van der Waals surface area contributed by atoms with Crippen LogP contribution >= 0.6 is 0 Å². The fraction of sp³-hybridized carbons (Fsp3) is 0.647. The van der Waals surface area contributed by atoms with E-state index < -0.39 is 11.9 Å². The lowest BCUT2D eigenvalue weighted by Crippen LogP contribution is -2.36. The monoisotopic (exact) mass is 344 g/mol. The van der Waals surface area contributed by atoms with Crippen LogP contribution < -0.4 is 5.32 Å². The number of alkyl halides is 3. The summed E-state index contributed by atoms with van der Waals surface area (Å²) in [6, 6.07) is 2.00. The number of hydrogen-bond acceptors (Lipinski definition) is 3. The quantitative estimate of drug-likeness (QED) is 0.883. The molecule has 0 spiro atoms. The number of rotatable bonds is 3. The van der Waals surface area contributed by atoms with Crippen molar-refractivity contribution in [3.8, 4) is 0 Å². The normalized spacial score (nSPS) is 22.5. The highest BCUT2D eigenvalue weighted by Crippen LogP contribution is 2.28. The molecule has 0 radical (unpaired) electrons. The predicted molar refractivity (Wildman–Crippen MR) is 83.5 cm³/mol. The largest absolute Gasteiger partial charge is 0.433 e. The number of aryl methyl sites for hydroxylation is 1. The molecule has 2 N–H and O–H groups in total. The summed E-state index contributed by atoms with van der Waals surface area (Å²) >= 11 is 0. The van der Waals surface area contributed by atoms with Crippen LogP contribution in [0.25, 0.3) is 0 Å². The van der Waals surface area contributed by atoms with Crippen LogP contribution in [0.4, 0.5) is 13.2 Å². The van der Waals surface area contributed by atoms with Crippen LogP contribution in [0.15, 0.2) is 12.1 Å². The summed E-state index contributed by atoms with van der Waals surface area (Å²) < 4.78 is 37.9. The Bertz CT molecular complexity index is 575. The second kappa shape index (κ2) is 7.96. The molecule has 1 heterocycles. The van der Waals surface area contributed by atoms with Crippen molar-refractivity contribution in [3.63, 3.8) is 0 Å². The first kappa shape index (κ1) is 18.7. The van der Waals surface area contributed by atoms with Gasteiger partial charge in [0.1, 0.15) is 5.69 Å². The Labute approximate surface area is 139 Å². The van der Waals surface area contributed by atoms with E-state index in [2.05, 4.69) is 10.3 Å². The van der Waals surface area contributed by atoms with Crippen LogP contribution in [-0.2, 0) is 6.18 Å². The van der Waals surface area contributed by atoms with Gasteiger partial charge in [0.25, 0.3) is 5.91 Å². The summed E-state index contributed by atoms with van der Waals surface area (Å²) in [5.41, 5.74) is -0.751. The number of pyridine rings is 1. The molecule has 4 nitrogen and oxygen atoms in total. The zero-order valence-electron chi connectivity index (χ0n) is 13.7. The lowest BCUT2D eigenvalue weighted by Gasteiger charge is -2.25. The molecule has 0 aromatic carbocycles. The molecule has 0 bridgehead atoms. The van der Waals surface area contributed by atoms with Crippen LogP contribution in [-0.4, -0.2) is 28.6 Å². The van der Waals surface area contributed by atoms with E-state index in [1.54, 1.807) is 0 Å². The number of carbonyl (C=O) groups is 1. The molecule has 1 aromatic heterocycles. The highest BCUT2D eigenvalue weighted by Gasteiger charge is 2.33. The molecule has 1 aliphatic carbocycles. The van der Waals surface area contributed by atoms with Crippen molar-refractivity contribution in [1.29, 1.82) is 0 Å². The van der Waals surface area contributed by atoms with E-state index in [1.165, 1.54) is 13.0 Å². The molecule has 0 saturated heterocycles. The Morgan fingerprint density at radius 3 is 2.58 bits per heavy atom. The van der Waals surface area contributed by atoms with Crippen LogP contribution in [0.1, 0.15) is 60.3 Å². The summed E-state index contributed by atoms with van der Waals surface area (Å²) in [5.74, 6) is -0.126. The van der Waals surface area contributed by atoms with Gasteiger partial charge in [-0.1, -0.05) is 12.8 Å². The minimum absolute atomic E-state index is 0.0199. The first-order valence-corrected chi connectivity index (χ1v) is 8.28. The summed E-state index contributed by atoms with van der Waals surface area (Å²) in [7, 11) is 0. The average Bonchev–Trinajstić information content (AvgIpc) is 2.49. The van der Waals surface area contributed by atoms with Gasteiger partial charge in [-0.2, -0.15) is 13.2 Å². The molecule has 2 rings (SSSR count). The van der Waals surface area contributed by atoms with E-state index in [0.29, 0.717) is 0 Å². The molecule has 1 aliphatic rings. The zero-order valence-corrected chi connectivity index (χ0v) is 13.7. The predicted octanol–water partition coefficient (Wildman–Crippen LogP) is 3.47. The van der Waals surface area contributed by atoms with Crippen molar-refractivity contribution in [3.05, 3.63) is 29.1 Å². The van der Waals surface area contributed by atoms with Gasteiger partial charge in [-0.25, -0.2) is 4.98 Å². The Hall–Kier alpha value is -1.63. The fourth-order valence-electron chi connectivity index (χ4n) is 3.10. The smallest absolute Gasteiger partial charge is 0.396 e. The number of nitrogens with one attached hydrogen (secondary N) is 1. The highest BCUT2D eigenvalue weighted by molar-refractivity contribution is 5.95. The fourth-order valence-corrected chi connectivity index (χ4v) is 3.10. The average molecular weight is 344 g/mol. The minimum Gasteiger partial charge on any atom is -0.396 e. The minimum atomic E-state index is -4.52. The maximum Gasteiger partial charge on any atom is 0.433 e. The Morgan fingerprint density at radius 1 is 1.25 bits per heavy atom. The number of nitrogens with zero attached hydrogens (tertiary/aromatic N) is 1. The van der Waals surface area contributed by atoms with Gasteiger partial charge in [-0.05, 0) is 50.7 Å². The van der Waals surface area contributed by atoms with Crippen molar-refractivity contribution < 1.29 is 23.1 Å². The lowest BCUT2D eigenvalue weighted by atomic mass is 9.89. The molecule has 1 fully saturated rings. The molecule has 134 valence electrons. The standard InChI is InChI=1S/C17H23F3N2O2/c1-11-14(8-9-15(21-11)17(18,19)20)16(24)22-13-5-3-2-4-12(10-23)6-7-13/h8-9,12-13,23H,2-7,10H2,1H3,(H,22,24). The number of aromatic nitrogens is 1. The molecule has 1 saturated carbocycles. The van der Waals surface area contributed by atoms with E-state index >= 15 is 0 Å². The Morgan fingerprint density at radius 2 is 1.96 bits per heavy atom. The first-order valence-electron chi connectivity index (χ1n) is 8.28. The highest BCUT2D eigenvalue weighted by atomic mass is 19.4. The molecule has 24 heavy (non-hydrogen) atoms. The SMILES string of the molecule is Cc1nc(C(F)(F)F)ccc1C(=O)NC1CCCCC(CO)CC1. The van der Waals surface area contributed by atoms with E-state index in [1.807, 2.05) is 0 Å². The van der Waals surface area contributed by atoms with Crippen LogP contribution in [0.5, 0.6) is 0 Å². The Balaban J connectivity index is 2.03. The topological polar surface area (TPSA) is 62.2 Å². The molecule has 1 aromatic rings. The molecular formula is C17H23F3N2O2. The third-order valence-electron chi connectivity index (χ3n) is 4.55. The van der Waals surface area contributed by atoms with Gasteiger partial charge in [0.2, 0.25) is 0 Å². The molecular weight excluding hydrogens is 321 g/mol. The van der Waals surface area contributed by atoms with Gasteiger partial charge in [0, 0.05) is 12.6 Å². The molecule has 7 heteroatoms. The van der Waals surface area contributed by atoms with E-state index in [0.717, 1.165) is 44.6 Å². The first-order chi connectivity index (χ1) is 11.3. The third kappa shape index (κ3) is 4.93. The van der Waals surface area contributed by atoms with Crippen LogP contribution in [0, 0.1) is 12.8 Å². The number of carbonyl (C=O) groups excluding carboxylic acids is 1. The van der Waals surface area contributed by atoms with Gasteiger partial charge >= 0.3 is 6.18 Å². The van der Waals surface area contributed by atoms with E-state index in [4.69, 9.17) is 0 Å². The third-order valence-corrected chi connectivity index (χ3v) is 4.55. The number of amides is 1. The Kier molecular flexibility index (Phi) is 6.21. The van der Waals surface area contributed by atoms with Crippen molar-refractivity contribution in [1.82, 2.24) is 10.3 Å². The summed E-state index contributed by atoms with van der Waals surface area (Å²) in [4.78, 5) is 15.9. The van der Waals surface area contributed by atoms with Crippen molar-refractivity contribution in [2.24, 2.45) is 5.92 Å². The number of halogens is 3. The number of hydrogen-bond donors (Lipinski definition) is 2. The zero-order chi connectivity index (χ0) is 17.7. The summed E-state index contributed by atoms with van der Waals surface area (Å²) in [6.45, 7) is 1.56. The number of aliphatic hydroxyl groups excluding tert-OH is 1.